The van der Waals surface area contributed by atoms with Gasteiger partial charge in [0.15, 0.2) is 0 Å². The molecule has 0 spiro atoms. The van der Waals surface area contributed by atoms with Crippen molar-refractivity contribution >= 4 is 11.4 Å². The maximum Gasteiger partial charge on any atom is 0.148 e. The van der Waals surface area contributed by atoms with Gasteiger partial charge in [-0.3, -0.25) is 0 Å². The molecule has 2 N–H and O–H groups in total. The van der Waals surface area contributed by atoms with Crippen molar-refractivity contribution in [3.8, 4) is 0 Å². The summed E-state index contributed by atoms with van der Waals surface area (Å²) >= 11 is 0. The van der Waals surface area contributed by atoms with Gasteiger partial charge in [-0.25, -0.2) is 4.39 Å². The van der Waals surface area contributed by atoms with E-state index in [9.17, 15) is 4.39 Å². The van der Waals surface area contributed by atoms with Crippen molar-refractivity contribution in [1.82, 2.24) is 0 Å². The minimum absolute atomic E-state index is 0.226. The third-order valence-corrected chi connectivity index (χ3v) is 5.64. The monoisotopic (exact) mass is 360 g/mol. The molecule has 3 aromatic carbocycles. The molecular formula is C24H25FN2. The topological polar surface area (TPSA) is 29.3 Å². The molecule has 0 atom stereocenters. The molecule has 0 radical (unpaired) electrons. The Kier molecular flexibility index (Phi) is 5.10. The second-order valence-corrected chi connectivity index (χ2v) is 7.33. The van der Waals surface area contributed by atoms with E-state index in [1.165, 1.54) is 17.2 Å². The Hall–Kier alpha value is -2.81. The Balaban J connectivity index is 1.55. The van der Waals surface area contributed by atoms with Gasteiger partial charge in [-0.05, 0) is 48.1 Å². The first-order chi connectivity index (χ1) is 13.2. The molecule has 0 amide bonds. The molecule has 2 nitrogen and oxygen atoms in total. The maximum absolute atomic E-state index is 14.3. The molecule has 0 saturated carbocycles. The fourth-order valence-electron chi connectivity index (χ4n) is 4.31. The molecule has 0 unspecified atom stereocenters. The molecule has 0 aromatic heterocycles. The van der Waals surface area contributed by atoms with Crippen molar-refractivity contribution in [3.05, 3.63) is 95.8 Å². The van der Waals surface area contributed by atoms with E-state index in [2.05, 4.69) is 65.6 Å². The summed E-state index contributed by atoms with van der Waals surface area (Å²) in [5.41, 5.74) is 9.55. The van der Waals surface area contributed by atoms with Crippen molar-refractivity contribution in [2.45, 2.75) is 18.8 Å². The summed E-state index contributed by atoms with van der Waals surface area (Å²) in [4.78, 5) is 2.15. The van der Waals surface area contributed by atoms with Crippen LogP contribution in [0, 0.1) is 11.7 Å². The van der Waals surface area contributed by atoms with Crippen molar-refractivity contribution in [2.24, 2.45) is 5.92 Å². The number of piperidine rings is 1. The summed E-state index contributed by atoms with van der Waals surface area (Å²) in [6, 6.07) is 26.5. The predicted octanol–water partition coefficient (Wildman–Crippen LogP) is 5.46. The molecule has 1 saturated heterocycles. The van der Waals surface area contributed by atoms with Crippen LogP contribution in [0.25, 0.3) is 0 Å². The average Bonchev–Trinajstić information content (AvgIpc) is 2.71. The lowest BCUT2D eigenvalue weighted by atomic mass is 9.76. The second kappa shape index (κ2) is 7.83. The number of anilines is 2. The number of rotatable bonds is 4. The molecule has 3 heteroatoms. The van der Waals surface area contributed by atoms with Gasteiger partial charge >= 0.3 is 0 Å². The average molecular weight is 360 g/mol. The van der Waals surface area contributed by atoms with Crippen LogP contribution in [0.5, 0.6) is 0 Å². The van der Waals surface area contributed by atoms with Crippen LogP contribution >= 0.6 is 0 Å². The van der Waals surface area contributed by atoms with Gasteiger partial charge in [-0.1, -0.05) is 60.7 Å². The Morgan fingerprint density at radius 1 is 0.815 bits per heavy atom. The van der Waals surface area contributed by atoms with E-state index in [1.807, 2.05) is 0 Å². The number of hydrogen-bond acceptors (Lipinski definition) is 2. The van der Waals surface area contributed by atoms with Crippen molar-refractivity contribution in [1.29, 1.82) is 0 Å². The highest BCUT2D eigenvalue weighted by Crippen LogP contribution is 2.39. The zero-order valence-corrected chi connectivity index (χ0v) is 15.4. The Labute approximate surface area is 160 Å². The zero-order valence-electron chi connectivity index (χ0n) is 15.4. The Morgan fingerprint density at radius 3 is 1.89 bits per heavy atom. The van der Waals surface area contributed by atoms with Crippen LogP contribution in [0.1, 0.15) is 29.9 Å². The first-order valence-electron chi connectivity index (χ1n) is 9.62. The molecule has 0 bridgehead atoms. The van der Waals surface area contributed by atoms with Crippen molar-refractivity contribution in [3.63, 3.8) is 0 Å². The summed E-state index contributed by atoms with van der Waals surface area (Å²) in [7, 11) is 0. The van der Waals surface area contributed by atoms with Crippen LogP contribution in [0.2, 0.25) is 0 Å². The van der Waals surface area contributed by atoms with E-state index in [0.29, 0.717) is 23.2 Å². The van der Waals surface area contributed by atoms with E-state index < -0.39 is 0 Å². The highest BCUT2D eigenvalue weighted by Gasteiger charge is 2.29. The number of halogens is 1. The van der Waals surface area contributed by atoms with E-state index in [-0.39, 0.29) is 5.82 Å². The summed E-state index contributed by atoms with van der Waals surface area (Å²) in [5, 5.41) is 0. The van der Waals surface area contributed by atoms with Crippen LogP contribution in [0.4, 0.5) is 15.8 Å². The van der Waals surface area contributed by atoms with Gasteiger partial charge in [0.1, 0.15) is 5.82 Å². The Bertz CT molecular complexity index is 832. The molecule has 0 aliphatic carbocycles. The van der Waals surface area contributed by atoms with Crippen molar-refractivity contribution < 1.29 is 4.39 Å². The summed E-state index contributed by atoms with van der Waals surface area (Å²) in [6.45, 7) is 1.73. The highest BCUT2D eigenvalue weighted by molar-refractivity contribution is 5.54. The van der Waals surface area contributed by atoms with E-state index in [4.69, 9.17) is 5.73 Å². The van der Waals surface area contributed by atoms with Gasteiger partial charge < -0.3 is 10.6 Å². The zero-order chi connectivity index (χ0) is 18.6. The van der Waals surface area contributed by atoms with Crippen LogP contribution in [0.15, 0.2) is 78.9 Å². The standard InChI is InChI=1S/C24H25FN2/c25-22-17-21(26)11-12-23(22)27-15-13-20(14-16-27)24(18-7-3-1-4-8-18)19-9-5-2-6-10-19/h1-12,17,20,24H,13-16,26H2. The van der Waals surface area contributed by atoms with Gasteiger partial charge in [0.2, 0.25) is 0 Å². The van der Waals surface area contributed by atoms with E-state index >= 15 is 0 Å². The van der Waals surface area contributed by atoms with Gasteiger partial charge in [0.25, 0.3) is 0 Å². The minimum Gasteiger partial charge on any atom is -0.399 e. The largest absolute Gasteiger partial charge is 0.399 e. The minimum atomic E-state index is -0.226. The SMILES string of the molecule is Nc1ccc(N2CCC(C(c3ccccc3)c3ccccc3)CC2)c(F)c1. The lowest BCUT2D eigenvalue weighted by Gasteiger charge is -2.38. The van der Waals surface area contributed by atoms with Crippen LogP contribution in [-0.2, 0) is 0 Å². The molecular weight excluding hydrogens is 335 g/mol. The van der Waals surface area contributed by atoms with Crippen molar-refractivity contribution in [2.75, 3.05) is 23.7 Å². The van der Waals surface area contributed by atoms with Crippen LogP contribution < -0.4 is 10.6 Å². The summed E-state index contributed by atoms with van der Waals surface area (Å²) in [5.74, 6) is 0.699. The lowest BCUT2D eigenvalue weighted by molar-refractivity contribution is 0.366. The van der Waals surface area contributed by atoms with Gasteiger partial charge in [-0.2, -0.15) is 0 Å². The number of nitrogen functional groups attached to an aromatic ring is 1. The van der Waals surface area contributed by atoms with E-state index in [0.717, 1.165) is 25.9 Å². The third-order valence-electron chi connectivity index (χ3n) is 5.64. The predicted molar refractivity (Wildman–Crippen MR) is 110 cm³/mol. The molecule has 1 aliphatic heterocycles. The Morgan fingerprint density at radius 2 is 1.37 bits per heavy atom. The first kappa shape index (κ1) is 17.6. The lowest BCUT2D eigenvalue weighted by Crippen LogP contribution is -2.36. The number of nitrogens with two attached hydrogens (primary N) is 1. The number of hydrogen-bond donors (Lipinski definition) is 1. The first-order valence-corrected chi connectivity index (χ1v) is 9.62. The number of benzene rings is 3. The van der Waals surface area contributed by atoms with Gasteiger partial charge in [-0.15, -0.1) is 0 Å². The van der Waals surface area contributed by atoms with Crippen LogP contribution in [-0.4, -0.2) is 13.1 Å². The summed E-state index contributed by atoms with van der Waals surface area (Å²) < 4.78 is 14.3. The van der Waals surface area contributed by atoms with Crippen LogP contribution in [0.3, 0.4) is 0 Å². The van der Waals surface area contributed by atoms with E-state index in [1.54, 1.807) is 12.1 Å². The molecule has 27 heavy (non-hydrogen) atoms. The van der Waals surface area contributed by atoms with Gasteiger partial charge in [0, 0.05) is 24.7 Å². The maximum atomic E-state index is 14.3. The summed E-state index contributed by atoms with van der Waals surface area (Å²) in [6.07, 6.45) is 2.08. The fourth-order valence-corrected chi connectivity index (χ4v) is 4.31. The normalized spacial score (nSPS) is 15.3. The molecule has 1 aliphatic rings. The smallest absolute Gasteiger partial charge is 0.148 e. The number of nitrogens with zero attached hydrogens (tertiary/aromatic N) is 1. The highest BCUT2D eigenvalue weighted by atomic mass is 19.1. The quantitative estimate of drug-likeness (QED) is 0.626. The third kappa shape index (κ3) is 3.82. The molecule has 3 aromatic rings. The molecule has 1 fully saturated rings. The fraction of sp³-hybridized carbons (Fsp3) is 0.250. The van der Waals surface area contributed by atoms with Gasteiger partial charge in [0.05, 0.1) is 5.69 Å². The molecule has 1 heterocycles. The second-order valence-electron chi connectivity index (χ2n) is 7.33. The molecule has 4 rings (SSSR count). The molecule has 138 valence electrons.